The monoisotopic (exact) mass is 270 g/mol. The maximum atomic E-state index is 12.0. The number of rotatable bonds is 0. The van der Waals surface area contributed by atoms with Gasteiger partial charge in [-0.15, -0.1) is 0 Å². The molecule has 5 nitrogen and oxygen atoms in total. The number of carbonyl (C=O) groups excluding carboxylic acids is 1. The molecule has 3 fully saturated rings. The minimum atomic E-state index is -0.887. The van der Waals surface area contributed by atoms with Gasteiger partial charge in [-0.3, -0.25) is 4.79 Å². The zero-order valence-corrected chi connectivity index (χ0v) is 12.0. The first-order valence-electron chi connectivity index (χ1n) is 7.09. The van der Waals surface area contributed by atoms with Gasteiger partial charge in [-0.05, 0) is 32.6 Å². The third-order valence-corrected chi connectivity index (χ3v) is 4.65. The predicted molar refractivity (Wildman–Crippen MR) is 65.6 cm³/mol. The summed E-state index contributed by atoms with van der Waals surface area (Å²) in [6.45, 7) is 7.61. The fourth-order valence-electron chi connectivity index (χ4n) is 3.64. The van der Waals surface area contributed by atoms with Crippen molar-refractivity contribution in [1.29, 1.82) is 0 Å². The maximum Gasteiger partial charge on any atom is 0.311 e. The lowest BCUT2D eigenvalue weighted by Crippen LogP contribution is -2.67. The lowest BCUT2D eigenvalue weighted by molar-refractivity contribution is -0.558. The van der Waals surface area contributed by atoms with E-state index in [1.165, 1.54) is 0 Å². The van der Waals surface area contributed by atoms with Gasteiger partial charge in [0.2, 0.25) is 6.29 Å². The van der Waals surface area contributed by atoms with Crippen molar-refractivity contribution in [3.63, 3.8) is 0 Å². The summed E-state index contributed by atoms with van der Waals surface area (Å²) in [5.41, 5.74) is -0.638. The molecule has 0 radical (unpaired) electrons. The first kappa shape index (κ1) is 13.3. The SMILES string of the molecule is CC1CCC2C(C)C(=O)O[C@H]3OC(C)(C)OOC23C1. The molecule has 0 aromatic rings. The summed E-state index contributed by atoms with van der Waals surface area (Å²) >= 11 is 0. The van der Waals surface area contributed by atoms with E-state index in [-0.39, 0.29) is 17.8 Å². The molecule has 0 bridgehead atoms. The van der Waals surface area contributed by atoms with Crippen molar-refractivity contribution in [2.75, 3.05) is 0 Å². The lowest BCUT2D eigenvalue weighted by Gasteiger charge is -2.56. The molecule has 5 heteroatoms. The van der Waals surface area contributed by atoms with Crippen LogP contribution in [0.4, 0.5) is 0 Å². The van der Waals surface area contributed by atoms with Gasteiger partial charge in [0.1, 0.15) is 0 Å². The summed E-state index contributed by atoms with van der Waals surface area (Å²) in [6.07, 6.45) is 2.19. The molecule has 3 rings (SSSR count). The molecule has 2 saturated heterocycles. The van der Waals surface area contributed by atoms with Crippen molar-refractivity contribution in [2.45, 2.75) is 64.6 Å². The summed E-state index contributed by atoms with van der Waals surface area (Å²) < 4.78 is 11.3. The molecule has 0 amide bonds. The fraction of sp³-hybridized carbons (Fsp3) is 0.929. The Morgan fingerprint density at radius 3 is 2.63 bits per heavy atom. The van der Waals surface area contributed by atoms with Crippen molar-refractivity contribution in [3.05, 3.63) is 0 Å². The Labute approximate surface area is 113 Å². The Hall–Kier alpha value is -0.650. The van der Waals surface area contributed by atoms with E-state index in [0.717, 1.165) is 19.3 Å². The number of carbonyl (C=O) groups is 1. The van der Waals surface area contributed by atoms with E-state index >= 15 is 0 Å². The van der Waals surface area contributed by atoms with E-state index in [9.17, 15) is 4.79 Å². The smallest absolute Gasteiger partial charge is 0.311 e. The highest BCUT2D eigenvalue weighted by atomic mass is 17.3. The van der Waals surface area contributed by atoms with Gasteiger partial charge in [-0.2, -0.15) is 0 Å². The Balaban J connectivity index is 1.95. The average Bonchev–Trinajstić information content (AvgIpc) is 2.32. The van der Waals surface area contributed by atoms with Crippen LogP contribution >= 0.6 is 0 Å². The van der Waals surface area contributed by atoms with Crippen LogP contribution in [-0.2, 0) is 24.0 Å². The summed E-state index contributed by atoms with van der Waals surface area (Å²) in [5, 5.41) is 0. The summed E-state index contributed by atoms with van der Waals surface area (Å²) in [5.74, 6) is -0.636. The second-order valence-electron chi connectivity index (χ2n) is 6.69. The Morgan fingerprint density at radius 2 is 1.89 bits per heavy atom. The third-order valence-electron chi connectivity index (χ3n) is 4.65. The van der Waals surface area contributed by atoms with Gasteiger partial charge in [0.25, 0.3) is 0 Å². The predicted octanol–water partition coefficient (Wildman–Crippen LogP) is 2.39. The van der Waals surface area contributed by atoms with Crippen molar-refractivity contribution < 1.29 is 24.0 Å². The second kappa shape index (κ2) is 4.17. The molecule has 1 aliphatic carbocycles. The Kier molecular flexibility index (Phi) is 2.93. The number of hydrogen-bond donors (Lipinski definition) is 0. The van der Waals surface area contributed by atoms with Gasteiger partial charge < -0.3 is 9.47 Å². The second-order valence-corrected chi connectivity index (χ2v) is 6.69. The van der Waals surface area contributed by atoms with Crippen LogP contribution in [0.5, 0.6) is 0 Å². The van der Waals surface area contributed by atoms with Crippen LogP contribution < -0.4 is 0 Å². The van der Waals surface area contributed by atoms with E-state index in [0.29, 0.717) is 5.92 Å². The molecule has 108 valence electrons. The zero-order chi connectivity index (χ0) is 13.8. The lowest BCUT2D eigenvalue weighted by atomic mass is 9.65. The highest BCUT2D eigenvalue weighted by Crippen LogP contribution is 2.52. The van der Waals surface area contributed by atoms with Crippen LogP contribution in [0.15, 0.2) is 0 Å². The average molecular weight is 270 g/mol. The van der Waals surface area contributed by atoms with Gasteiger partial charge in [0.05, 0.1) is 5.92 Å². The van der Waals surface area contributed by atoms with Gasteiger partial charge in [0.15, 0.2) is 11.4 Å². The molecule has 0 aromatic carbocycles. The van der Waals surface area contributed by atoms with E-state index in [2.05, 4.69) is 6.92 Å². The maximum absolute atomic E-state index is 12.0. The van der Waals surface area contributed by atoms with Crippen LogP contribution in [0.3, 0.4) is 0 Å². The van der Waals surface area contributed by atoms with Gasteiger partial charge in [-0.1, -0.05) is 20.3 Å². The molecule has 0 aromatic heterocycles. The first-order chi connectivity index (χ1) is 8.84. The quantitative estimate of drug-likeness (QED) is 0.500. The molecule has 19 heavy (non-hydrogen) atoms. The van der Waals surface area contributed by atoms with Crippen LogP contribution in [0, 0.1) is 17.8 Å². The van der Waals surface area contributed by atoms with Crippen molar-refractivity contribution in [2.24, 2.45) is 17.8 Å². The minimum absolute atomic E-state index is 0.103. The summed E-state index contributed by atoms with van der Waals surface area (Å²) in [6, 6.07) is 0. The first-order valence-corrected chi connectivity index (χ1v) is 7.09. The number of esters is 1. The summed E-state index contributed by atoms with van der Waals surface area (Å²) in [4.78, 5) is 23.2. The molecule has 0 N–H and O–H groups in total. The van der Waals surface area contributed by atoms with E-state index in [1.54, 1.807) is 13.8 Å². The van der Waals surface area contributed by atoms with Crippen LogP contribution in [0.25, 0.3) is 0 Å². The number of hydrogen-bond acceptors (Lipinski definition) is 5. The summed E-state index contributed by atoms with van der Waals surface area (Å²) in [7, 11) is 0. The Morgan fingerprint density at radius 1 is 1.16 bits per heavy atom. The van der Waals surface area contributed by atoms with E-state index < -0.39 is 17.7 Å². The van der Waals surface area contributed by atoms with Gasteiger partial charge >= 0.3 is 5.97 Å². The molecular weight excluding hydrogens is 248 g/mol. The molecule has 1 spiro atoms. The Bertz CT molecular complexity index is 393. The van der Waals surface area contributed by atoms with Crippen molar-refractivity contribution in [3.8, 4) is 0 Å². The highest BCUT2D eigenvalue weighted by Gasteiger charge is 2.63. The van der Waals surface area contributed by atoms with Crippen LogP contribution in [-0.4, -0.2) is 23.6 Å². The molecule has 2 heterocycles. The van der Waals surface area contributed by atoms with Gasteiger partial charge in [-0.25, -0.2) is 9.78 Å². The minimum Gasteiger partial charge on any atom is -0.432 e. The van der Waals surface area contributed by atoms with E-state index in [4.69, 9.17) is 19.2 Å². The fourth-order valence-corrected chi connectivity index (χ4v) is 3.64. The largest absolute Gasteiger partial charge is 0.432 e. The van der Waals surface area contributed by atoms with Crippen molar-refractivity contribution >= 4 is 5.97 Å². The number of ether oxygens (including phenoxy) is 2. The molecule has 2 aliphatic heterocycles. The standard InChI is InChI=1S/C14H22O5/c1-8-5-6-10-9(2)11(15)16-12-14(10,7-8)19-18-13(3,4)17-12/h8-10,12H,5-7H2,1-4H3/t8?,9?,10?,12-,14?/m0/s1. The topological polar surface area (TPSA) is 54.0 Å². The van der Waals surface area contributed by atoms with Crippen LogP contribution in [0.1, 0.15) is 47.0 Å². The molecule has 5 atom stereocenters. The zero-order valence-electron chi connectivity index (χ0n) is 12.0. The molecule has 3 aliphatic rings. The van der Waals surface area contributed by atoms with E-state index in [1.807, 2.05) is 6.92 Å². The third kappa shape index (κ3) is 1.99. The molecular formula is C14H22O5. The highest BCUT2D eigenvalue weighted by molar-refractivity contribution is 5.74. The van der Waals surface area contributed by atoms with Crippen molar-refractivity contribution in [1.82, 2.24) is 0 Å². The molecule has 4 unspecified atom stereocenters. The normalized spacial score (nSPS) is 48.9. The van der Waals surface area contributed by atoms with Crippen LogP contribution in [0.2, 0.25) is 0 Å². The molecule has 1 saturated carbocycles. The van der Waals surface area contributed by atoms with Gasteiger partial charge in [0, 0.05) is 5.92 Å².